The molecule has 2 fully saturated rings. The second kappa shape index (κ2) is 7.90. The summed E-state index contributed by atoms with van der Waals surface area (Å²) in [4.78, 5) is 43.6. The van der Waals surface area contributed by atoms with Gasteiger partial charge in [0, 0.05) is 49.7 Å². The highest BCUT2D eigenvalue weighted by Crippen LogP contribution is 2.32. The van der Waals surface area contributed by atoms with Crippen molar-refractivity contribution in [3.05, 3.63) is 23.8 Å². The van der Waals surface area contributed by atoms with Crippen LogP contribution >= 0.6 is 11.8 Å². The van der Waals surface area contributed by atoms with Crippen LogP contribution in [0.3, 0.4) is 0 Å². The van der Waals surface area contributed by atoms with Gasteiger partial charge >= 0.3 is 0 Å². The molecule has 8 heteroatoms. The molecule has 3 amide bonds. The molecule has 0 bridgehead atoms. The number of thioether (sulfide) groups is 1. The van der Waals surface area contributed by atoms with Crippen LogP contribution in [0, 0.1) is 0 Å². The van der Waals surface area contributed by atoms with Crippen LogP contribution in [0.5, 0.6) is 0 Å². The number of likely N-dealkylation sites (tertiary alicyclic amines) is 1. The third-order valence-electron chi connectivity index (χ3n) is 5.34. The van der Waals surface area contributed by atoms with E-state index in [2.05, 4.69) is 10.2 Å². The lowest BCUT2D eigenvalue weighted by molar-refractivity contribution is -0.131. The average Bonchev–Trinajstić information content (AvgIpc) is 3.22. The maximum absolute atomic E-state index is 12.8. The molecular formula is C19H24N4O3S. The van der Waals surface area contributed by atoms with Gasteiger partial charge < -0.3 is 15.1 Å². The first kappa shape index (κ1) is 18.3. The predicted molar refractivity (Wildman–Crippen MR) is 104 cm³/mol. The first-order chi connectivity index (χ1) is 13.1. The molecule has 3 heterocycles. The van der Waals surface area contributed by atoms with E-state index in [1.165, 1.54) is 11.8 Å². The molecule has 0 spiro atoms. The highest BCUT2D eigenvalue weighted by atomic mass is 32.2. The Hall–Kier alpha value is -2.06. The Labute approximate surface area is 163 Å². The largest absolute Gasteiger partial charge is 0.342 e. The van der Waals surface area contributed by atoms with Crippen molar-refractivity contribution in [2.24, 2.45) is 0 Å². The van der Waals surface area contributed by atoms with Crippen molar-refractivity contribution in [2.45, 2.75) is 17.7 Å². The summed E-state index contributed by atoms with van der Waals surface area (Å²) in [7, 11) is 0. The molecular weight excluding hydrogens is 364 g/mol. The molecule has 0 saturated carbocycles. The smallest absolute Gasteiger partial charge is 0.254 e. The highest BCUT2D eigenvalue weighted by Gasteiger charge is 2.26. The zero-order valence-electron chi connectivity index (χ0n) is 15.3. The Morgan fingerprint density at radius 3 is 2.48 bits per heavy atom. The van der Waals surface area contributed by atoms with E-state index >= 15 is 0 Å². The van der Waals surface area contributed by atoms with E-state index in [-0.39, 0.29) is 17.7 Å². The van der Waals surface area contributed by atoms with Crippen molar-refractivity contribution in [1.29, 1.82) is 0 Å². The van der Waals surface area contributed by atoms with Gasteiger partial charge in [-0.25, -0.2) is 0 Å². The van der Waals surface area contributed by atoms with E-state index in [4.69, 9.17) is 0 Å². The number of amides is 3. The standard InChI is InChI=1S/C19H24N4O3S/c24-17-13-27-16-4-3-14(11-15(16)20-17)19(26)23-9-7-21(8-10-23)12-18(25)22-5-1-2-6-22/h3-4,11H,1-2,5-10,12-13H2,(H,20,24). The van der Waals surface area contributed by atoms with Crippen LogP contribution in [-0.4, -0.2) is 84.0 Å². The van der Waals surface area contributed by atoms with Crippen LogP contribution in [-0.2, 0) is 9.59 Å². The number of fused-ring (bicyclic) bond motifs is 1. The van der Waals surface area contributed by atoms with E-state index in [1.54, 1.807) is 6.07 Å². The number of carbonyl (C=O) groups is 3. The fourth-order valence-electron chi connectivity index (χ4n) is 3.77. The van der Waals surface area contributed by atoms with Gasteiger partial charge in [0.15, 0.2) is 0 Å². The second-order valence-corrected chi connectivity index (χ2v) is 8.22. The van der Waals surface area contributed by atoms with Crippen LogP contribution < -0.4 is 5.32 Å². The predicted octanol–water partition coefficient (Wildman–Crippen LogP) is 1.11. The van der Waals surface area contributed by atoms with Gasteiger partial charge in [-0.1, -0.05) is 0 Å². The minimum atomic E-state index is -0.0339. The van der Waals surface area contributed by atoms with E-state index in [1.807, 2.05) is 21.9 Å². The molecule has 2 saturated heterocycles. The van der Waals surface area contributed by atoms with E-state index in [9.17, 15) is 14.4 Å². The van der Waals surface area contributed by atoms with Crippen LogP contribution in [0.4, 0.5) is 5.69 Å². The van der Waals surface area contributed by atoms with Gasteiger partial charge in [-0.05, 0) is 31.0 Å². The average molecular weight is 388 g/mol. The molecule has 4 rings (SSSR count). The van der Waals surface area contributed by atoms with Crippen LogP contribution in [0.2, 0.25) is 0 Å². The van der Waals surface area contributed by atoms with Crippen molar-refractivity contribution < 1.29 is 14.4 Å². The summed E-state index contributed by atoms with van der Waals surface area (Å²) in [6.45, 7) is 4.86. The Balaban J connectivity index is 1.33. The Morgan fingerprint density at radius 2 is 1.74 bits per heavy atom. The number of piperazine rings is 1. The quantitative estimate of drug-likeness (QED) is 0.840. The molecule has 1 N–H and O–H groups in total. The summed E-state index contributed by atoms with van der Waals surface area (Å²) < 4.78 is 0. The summed E-state index contributed by atoms with van der Waals surface area (Å²) >= 11 is 1.49. The summed E-state index contributed by atoms with van der Waals surface area (Å²) in [6.07, 6.45) is 2.21. The van der Waals surface area contributed by atoms with Gasteiger partial charge in [0.1, 0.15) is 0 Å². The minimum absolute atomic E-state index is 0.0202. The van der Waals surface area contributed by atoms with Gasteiger partial charge in [-0.3, -0.25) is 19.3 Å². The summed E-state index contributed by atoms with van der Waals surface area (Å²) in [5.74, 6) is 0.565. The summed E-state index contributed by atoms with van der Waals surface area (Å²) in [6, 6.07) is 5.50. The van der Waals surface area contributed by atoms with Crippen molar-refractivity contribution >= 4 is 35.2 Å². The van der Waals surface area contributed by atoms with Gasteiger partial charge in [0.25, 0.3) is 5.91 Å². The molecule has 0 aromatic heterocycles. The molecule has 0 unspecified atom stereocenters. The van der Waals surface area contributed by atoms with Crippen LogP contribution in [0.15, 0.2) is 23.1 Å². The molecule has 1 aromatic rings. The Morgan fingerprint density at radius 1 is 1.00 bits per heavy atom. The SMILES string of the molecule is O=C1CSc2ccc(C(=O)N3CCN(CC(=O)N4CCCC4)CC3)cc2N1. The number of anilines is 1. The fraction of sp³-hybridized carbons (Fsp3) is 0.526. The zero-order valence-corrected chi connectivity index (χ0v) is 16.1. The highest BCUT2D eigenvalue weighted by molar-refractivity contribution is 8.00. The minimum Gasteiger partial charge on any atom is -0.342 e. The lowest BCUT2D eigenvalue weighted by atomic mass is 10.1. The third-order valence-corrected chi connectivity index (χ3v) is 6.41. The first-order valence-electron chi connectivity index (χ1n) is 9.46. The van der Waals surface area contributed by atoms with Gasteiger partial charge in [-0.2, -0.15) is 0 Å². The maximum Gasteiger partial charge on any atom is 0.254 e. The number of nitrogens with one attached hydrogen (secondary N) is 1. The maximum atomic E-state index is 12.8. The van der Waals surface area contributed by atoms with Crippen molar-refractivity contribution in [3.8, 4) is 0 Å². The number of benzene rings is 1. The van der Waals surface area contributed by atoms with Crippen LogP contribution in [0.25, 0.3) is 0 Å². The zero-order chi connectivity index (χ0) is 18.8. The number of hydrogen-bond acceptors (Lipinski definition) is 5. The molecule has 1 aromatic carbocycles. The molecule has 0 radical (unpaired) electrons. The monoisotopic (exact) mass is 388 g/mol. The van der Waals surface area contributed by atoms with Gasteiger partial charge in [0.05, 0.1) is 18.0 Å². The Bertz CT molecular complexity index is 755. The van der Waals surface area contributed by atoms with Crippen LogP contribution in [0.1, 0.15) is 23.2 Å². The molecule has 144 valence electrons. The van der Waals surface area contributed by atoms with Gasteiger partial charge in [0.2, 0.25) is 11.8 Å². The lowest BCUT2D eigenvalue weighted by Crippen LogP contribution is -2.51. The second-order valence-electron chi connectivity index (χ2n) is 7.20. The number of nitrogens with zero attached hydrogens (tertiary/aromatic N) is 3. The van der Waals surface area contributed by atoms with Crippen molar-refractivity contribution in [1.82, 2.24) is 14.7 Å². The number of carbonyl (C=O) groups excluding carboxylic acids is 3. The summed E-state index contributed by atoms with van der Waals surface area (Å²) in [5, 5.41) is 2.83. The molecule has 0 aliphatic carbocycles. The molecule has 7 nitrogen and oxygen atoms in total. The van der Waals surface area contributed by atoms with E-state index in [0.717, 1.165) is 36.5 Å². The molecule has 3 aliphatic heterocycles. The Kier molecular flexibility index (Phi) is 5.36. The molecule has 3 aliphatic rings. The normalized spacial score (nSPS) is 20.4. The molecule has 0 atom stereocenters. The fourth-order valence-corrected chi connectivity index (χ4v) is 4.55. The first-order valence-corrected chi connectivity index (χ1v) is 10.4. The third kappa shape index (κ3) is 4.11. The van der Waals surface area contributed by atoms with Gasteiger partial charge in [-0.15, -0.1) is 11.8 Å². The topological polar surface area (TPSA) is 73.0 Å². The van der Waals surface area contributed by atoms with E-state index < -0.39 is 0 Å². The number of hydrogen-bond donors (Lipinski definition) is 1. The van der Waals surface area contributed by atoms with Crippen molar-refractivity contribution in [2.75, 3.05) is 56.9 Å². The van der Waals surface area contributed by atoms with Crippen molar-refractivity contribution in [3.63, 3.8) is 0 Å². The molecule has 27 heavy (non-hydrogen) atoms. The lowest BCUT2D eigenvalue weighted by Gasteiger charge is -2.35. The van der Waals surface area contributed by atoms with E-state index in [0.29, 0.717) is 44.0 Å². The summed E-state index contributed by atoms with van der Waals surface area (Å²) in [5.41, 5.74) is 1.31. The number of rotatable bonds is 3.